The van der Waals surface area contributed by atoms with Crippen LogP contribution >= 0.6 is 0 Å². The van der Waals surface area contributed by atoms with E-state index in [1.165, 1.54) is 0 Å². The molecule has 0 unspecified atom stereocenters. The Labute approximate surface area is 203 Å². The van der Waals surface area contributed by atoms with Crippen LogP contribution in [-0.2, 0) is 0 Å². The fourth-order valence-electron chi connectivity index (χ4n) is 4.92. The molecule has 0 saturated heterocycles. The van der Waals surface area contributed by atoms with Crippen LogP contribution in [0.5, 0.6) is 28.7 Å². The molecule has 5 rings (SSSR count). The standard InChI is InChI=1S/C30H26O5/c1-33-25-16-20(17-26(34-2)30(25)35-3)27(28-21-10-6-4-8-18(21)12-14-23(28)31)29-22-11-7-5-9-19(22)13-15-24(29)32/h4-17,27,31-32H,1-3H3. The van der Waals surface area contributed by atoms with E-state index < -0.39 is 5.92 Å². The van der Waals surface area contributed by atoms with E-state index in [0.717, 1.165) is 27.1 Å². The highest BCUT2D eigenvalue weighted by atomic mass is 16.5. The molecule has 0 heterocycles. The van der Waals surface area contributed by atoms with Crippen LogP contribution < -0.4 is 14.2 Å². The highest BCUT2D eigenvalue weighted by Crippen LogP contribution is 2.49. The first-order chi connectivity index (χ1) is 17.1. The molecule has 0 aliphatic rings. The fraction of sp³-hybridized carbons (Fsp3) is 0.133. The zero-order valence-electron chi connectivity index (χ0n) is 19.8. The summed E-state index contributed by atoms with van der Waals surface area (Å²) in [7, 11) is 4.70. The molecule has 176 valence electrons. The first-order valence-corrected chi connectivity index (χ1v) is 11.3. The van der Waals surface area contributed by atoms with E-state index in [2.05, 4.69) is 0 Å². The van der Waals surface area contributed by atoms with E-state index in [4.69, 9.17) is 14.2 Å². The first-order valence-electron chi connectivity index (χ1n) is 11.3. The molecule has 35 heavy (non-hydrogen) atoms. The summed E-state index contributed by atoms with van der Waals surface area (Å²) in [6.45, 7) is 0. The second-order valence-corrected chi connectivity index (χ2v) is 8.33. The van der Waals surface area contributed by atoms with Crippen LogP contribution in [0.1, 0.15) is 22.6 Å². The van der Waals surface area contributed by atoms with Gasteiger partial charge in [-0.25, -0.2) is 0 Å². The van der Waals surface area contributed by atoms with Gasteiger partial charge in [-0.2, -0.15) is 0 Å². The number of aromatic hydroxyl groups is 2. The summed E-state index contributed by atoms with van der Waals surface area (Å²) < 4.78 is 16.8. The number of phenols is 2. The summed E-state index contributed by atoms with van der Waals surface area (Å²) >= 11 is 0. The topological polar surface area (TPSA) is 68.2 Å². The maximum absolute atomic E-state index is 11.2. The lowest BCUT2D eigenvalue weighted by Crippen LogP contribution is -2.08. The predicted octanol–water partition coefficient (Wildman–Crippen LogP) is 6.61. The van der Waals surface area contributed by atoms with Crippen molar-refractivity contribution in [3.8, 4) is 28.7 Å². The zero-order valence-corrected chi connectivity index (χ0v) is 19.8. The molecule has 0 atom stereocenters. The number of ether oxygens (including phenoxy) is 3. The van der Waals surface area contributed by atoms with Crippen molar-refractivity contribution in [2.75, 3.05) is 21.3 Å². The summed E-state index contributed by atoms with van der Waals surface area (Å²) in [5, 5.41) is 26.2. The van der Waals surface area contributed by atoms with Gasteiger partial charge in [0.15, 0.2) is 11.5 Å². The molecule has 5 aromatic rings. The Bertz CT molecular complexity index is 1430. The van der Waals surface area contributed by atoms with Crippen LogP contribution in [0.3, 0.4) is 0 Å². The Kier molecular flexibility index (Phi) is 5.83. The Morgan fingerprint density at radius 3 is 1.46 bits per heavy atom. The SMILES string of the molecule is COc1cc(C(c2c(O)ccc3ccccc23)c2c(O)ccc3ccccc23)cc(OC)c1OC. The normalized spacial score (nSPS) is 11.2. The van der Waals surface area contributed by atoms with Gasteiger partial charge in [0.25, 0.3) is 0 Å². The highest BCUT2D eigenvalue weighted by Gasteiger charge is 2.29. The van der Waals surface area contributed by atoms with Crippen LogP contribution in [0.25, 0.3) is 21.5 Å². The maximum Gasteiger partial charge on any atom is 0.203 e. The first kappa shape index (κ1) is 22.4. The molecule has 0 amide bonds. The Morgan fingerprint density at radius 1 is 0.571 bits per heavy atom. The second-order valence-electron chi connectivity index (χ2n) is 8.33. The number of fused-ring (bicyclic) bond motifs is 2. The Balaban J connectivity index is 1.94. The largest absolute Gasteiger partial charge is 0.508 e. The van der Waals surface area contributed by atoms with Crippen LogP contribution in [0, 0.1) is 0 Å². The molecule has 0 aliphatic heterocycles. The van der Waals surface area contributed by atoms with E-state index in [9.17, 15) is 10.2 Å². The maximum atomic E-state index is 11.2. The second kappa shape index (κ2) is 9.11. The van der Waals surface area contributed by atoms with Crippen LogP contribution in [-0.4, -0.2) is 31.5 Å². The molecule has 0 bridgehead atoms. The third kappa shape index (κ3) is 3.75. The lowest BCUT2D eigenvalue weighted by molar-refractivity contribution is 0.323. The van der Waals surface area contributed by atoms with Gasteiger partial charge < -0.3 is 24.4 Å². The molecule has 0 radical (unpaired) electrons. The van der Waals surface area contributed by atoms with Gasteiger partial charge in [0, 0.05) is 17.0 Å². The number of methoxy groups -OCH3 is 3. The molecule has 5 nitrogen and oxygen atoms in total. The van der Waals surface area contributed by atoms with Crippen LogP contribution in [0.15, 0.2) is 84.9 Å². The van der Waals surface area contributed by atoms with E-state index in [1.807, 2.05) is 72.8 Å². The summed E-state index contributed by atoms with van der Waals surface area (Å²) in [5.74, 6) is 1.19. The molecule has 0 fully saturated rings. The molecule has 0 spiro atoms. The van der Waals surface area contributed by atoms with E-state index in [-0.39, 0.29) is 11.5 Å². The molecule has 0 aliphatic carbocycles. The minimum Gasteiger partial charge on any atom is -0.508 e. The molecule has 5 heteroatoms. The lowest BCUT2D eigenvalue weighted by Gasteiger charge is -2.25. The van der Waals surface area contributed by atoms with Gasteiger partial charge in [-0.05, 0) is 51.4 Å². The number of hydrogen-bond donors (Lipinski definition) is 2. The molecule has 5 aromatic carbocycles. The number of phenolic OH excluding ortho intramolecular Hbond substituents is 2. The van der Waals surface area contributed by atoms with Crippen molar-refractivity contribution in [1.29, 1.82) is 0 Å². The van der Waals surface area contributed by atoms with Gasteiger partial charge in [-0.1, -0.05) is 60.7 Å². The van der Waals surface area contributed by atoms with Gasteiger partial charge in [-0.15, -0.1) is 0 Å². The molecule has 0 saturated carbocycles. The highest BCUT2D eigenvalue weighted by molar-refractivity contribution is 5.93. The lowest BCUT2D eigenvalue weighted by atomic mass is 9.79. The Morgan fingerprint density at radius 2 is 1.03 bits per heavy atom. The van der Waals surface area contributed by atoms with Gasteiger partial charge in [-0.3, -0.25) is 0 Å². The van der Waals surface area contributed by atoms with Gasteiger partial charge in [0.1, 0.15) is 11.5 Å². The fourth-order valence-corrected chi connectivity index (χ4v) is 4.92. The Hall–Kier alpha value is -4.38. The smallest absolute Gasteiger partial charge is 0.203 e. The molecular formula is C30H26O5. The van der Waals surface area contributed by atoms with Gasteiger partial charge >= 0.3 is 0 Å². The monoisotopic (exact) mass is 466 g/mol. The minimum absolute atomic E-state index is 0.134. The zero-order chi connectivity index (χ0) is 24.5. The quantitative estimate of drug-likeness (QED) is 0.276. The van der Waals surface area contributed by atoms with Gasteiger partial charge in [0.2, 0.25) is 5.75 Å². The summed E-state index contributed by atoms with van der Waals surface area (Å²) in [5.41, 5.74) is 2.14. The number of hydrogen-bond acceptors (Lipinski definition) is 5. The van der Waals surface area contributed by atoms with E-state index in [1.54, 1.807) is 33.5 Å². The van der Waals surface area contributed by atoms with Crippen molar-refractivity contribution < 1.29 is 24.4 Å². The number of benzene rings is 5. The minimum atomic E-state index is -0.541. The van der Waals surface area contributed by atoms with Crippen molar-refractivity contribution in [2.45, 2.75) is 5.92 Å². The predicted molar refractivity (Wildman–Crippen MR) is 138 cm³/mol. The average molecular weight is 467 g/mol. The van der Waals surface area contributed by atoms with Crippen molar-refractivity contribution in [3.05, 3.63) is 102 Å². The third-order valence-electron chi connectivity index (χ3n) is 6.49. The summed E-state index contributed by atoms with van der Waals surface area (Å²) in [6, 6.07) is 26.7. The molecule has 2 N–H and O–H groups in total. The molecule has 0 aromatic heterocycles. The van der Waals surface area contributed by atoms with Crippen molar-refractivity contribution in [1.82, 2.24) is 0 Å². The third-order valence-corrected chi connectivity index (χ3v) is 6.49. The van der Waals surface area contributed by atoms with Gasteiger partial charge in [0.05, 0.1) is 21.3 Å². The van der Waals surface area contributed by atoms with Crippen molar-refractivity contribution in [3.63, 3.8) is 0 Å². The average Bonchev–Trinajstić information content (AvgIpc) is 2.90. The number of rotatable bonds is 6. The van der Waals surface area contributed by atoms with Crippen LogP contribution in [0.4, 0.5) is 0 Å². The van der Waals surface area contributed by atoms with E-state index in [0.29, 0.717) is 28.4 Å². The van der Waals surface area contributed by atoms with Crippen molar-refractivity contribution in [2.24, 2.45) is 0 Å². The van der Waals surface area contributed by atoms with Crippen LogP contribution in [0.2, 0.25) is 0 Å². The molecular weight excluding hydrogens is 440 g/mol. The summed E-state index contributed by atoms with van der Waals surface area (Å²) in [4.78, 5) is 0. The summed E-state index contributed by atoms with van der Waals surface area (Å²) in [6.07, 6.45) is 0. The van der Waals surface area contributed by atoms with Crippen molar-refractivity contribution >= 4 is 21.5 Å². The van der Waals surface area contributed by atoms with E-state index >= 15 is 0 Å².